The molecule has 0 aliphatic heterocycles. The predicted octanol–water partition coefficient (Wildman–Crippen LogP) is 13.0. The van der Waals surface area contributed by atoms with E-state index in [0.717, 1.165) is 70.6 Å². The second-order valence-electron chi connectivity index (χ2n) is 13.0. The largest absolute Gasteiger partial charge is 0.457 e. The quantitative estimate of drug-likeness (QED) is 0.0410. The van der Waals surface area contributed by atoms with Gasteiger partial charge in [0.15, 0.2) is 0 Å². The molecule has 0 spiro atoms. The zero-order valence-corrected chi connectivity index (χ0v) is 31.5. The summed E-state index contributed by atoms with van der Waals surface area (Å²) in [5.41, 5.74) is 0. The minimum Gasteiger partial charge on any atom is -0.457 e. The maximum atomic E-state index is 12.2. The molecule has 48 heavy (non-hydrogen) atoms. The Morgan fingerprint density at radius 1 is 0.521 bits per heavy atom. The third-order valence-electron chi connectivity index (χ3n) is 8.27. The number of rotatable bonds is 36. The first-order valence-electron chi connectivity index (χ1n) is 20.0. The number of carbonyl (C=O) groups excluding carboxylic acids is 1. The Kier molecular flexibility index (Phi) is 39.1. The van der Waals surface area contributed by atoms with Gasteiger partial charge in [0, 0.05) is 13.0 Å². The number of hydrogen-bond acceptors (Lipinski definition) is 4. The lowest BCUT2D eigenvalue weighted by atomic mass is 10.1. The first-order chi connectivity index (χ1) is 23.7. The van der Waals surface area contributed by atoms with Crippen molar-refractivity contribution in [2.75, 3.05) is 19.8 Å². The fourth-order valence-electron chi connectivity index (χ4n) is 5.29. The average molecular weight is 669 g/mol. The molecule has 0 saturated heterocycles. The molecule has 0 amide bonds. The van der Waals surface area contributed by atoms with E-state index in [9.17, 15) is 9.90 Å². The minimum absolute atomic E-state index is 0.189. The van der Waals surface area contributed by atoms with Gasteiger partial charge in [-0.15, -0.1) is 0 Å². The van der Waals surface area contributed by atoms with Crippen LogP contribution in [0.3, 0.4) is 0 Å². The van der Waals surface area contributed by atoms with E-state index in [2.05, 4.69) is 86.8 Å². The summed E-state index contributed by atoms with van der Waals surface area (Å²) in [6.45, 7) is 5.16. The first-order valence-corrected chi connectivity index (χ1v) is 20.0. The van der Waals surface area contributed by atoms with Crippen molar-refractivity contribution in [1.82, 2.24) is 0 Å². The highest BCUT2D eigenvalue weighted by molar-refractivity contribution is 5.69. The van der Waals surface area contributed by atoms with Gasteiger partial charge < -0.3 is 14.6 Å². The van der Waals surface area contributed by atoms with Crippen molar-refractivity contribution < 1.29 is 19.4 Å². The van der Waals surface area contributed by atoms with E-state index in [1.165, 1.54) is 83.5 Å². The van der Waals surface area contributed by atoms with Crippen LogP contribution >= 0.6 is 0 Å². The van der Waals surface area contributed by atoms with Gasteiger partial charge in [0.25, 0.3) is 0 Å². The van der Waals surface area contributed by atoms with E-state index in [1.807, 2.05) is 0 Å². The predicted molar refractivity (Wildman–Crippen MR) is 209 cm³/mol. The molecule has 0 rings (SSSR count). The Morgan fingerprint density at radius 3 is 1.44 bits per heavy atom. The molecule has 4 nitrogen and oxygen atoms in total. The number of aliphatic hydroxyl groups excluding tert-OH is 1. The van der Waals surface area contributed by atoms with Gasteiger partial charge >= 0.3 is 5.97 Å². The lowest BCUT2D eigenvalue weighted by molar-refractivity contribution is -0.154. The van der Waals surface area contributed by atoms with Crippen molar-refractivity contribution in [1.29, 1.82) is 0 Å². The van der Waals surface area contributed by atoms with Gasteiger partial charge in [-0.05, 0) is 83.5 Å². The van der Waals surface area contributed by atoms with Crippen LogP contribution in [0.25, 0.3) is 0 Å². The fraction of sp³-hybridized carbons (Fsp3) is 0.705. The van der Waals surface area contributed by atoms with Crippen LogP contribution in [0.15, 0.2) is 72.9 Å². The Morgan fingerprint density at radius 2 is 0.938 bits per heavy atom. The van der Waals surface area contributed by atoms with E-state index >= 15 is 0 Å². The molecule has 276 valence electrons. The van der Waals surface area contributed by atoms with Crippen molar-refractivity contribution in [2.24, 2.45) is 0 Å². The summed E-state index contributed by atoms with van der Waals surface area (Å²) in [7, 11) is 0. The standard InChI is InChI=1S/C44H76O4/c1-3-5-7-9-11-13-15-17-19-21-22-23-24-26-28-30-32-34-36-38-40-47-42-43(41-45)48-44(46)39-37-35-33-31-29-27-25-20-18-16-14-12-10-8-6-4-2/h5,7,11,13,17,19-20,22-23,25-26,28,43,45H,3-4,6,8-10,12,14-16,18,21,24,27,29-42H2,1-2H3/b7-5-,13-11-,19-17-,23-22-,25-20-,28-26-. The van der Waals surface area contributed by atoms with E-state index in [4.69, 9.17) is 9.47 Å². The second-order valence-corrected chi connectivity index (χ2v) is 13.0. The van der Waals surface area contributed by atoms with Crippen molar-refractivity contribution in [3.05, 3.63) is 72.9 Å². The molecular formula is C44H76O4. The van der Waals surface area contributed by atoms with E-state index < -0.39 is 6.10 Å². The first kappa shape index (κ1) is 45.8. The highest BCUT2D eigenvalue weighted by atomic mass is 16.6. The summed E-state index contributed by atoms with van der Waals surface area (Å²) in [5.74, 6) is -0.221. The number of allylic oxidation sites excluding steroid dienone is 12. The smallest absolute Gasteiger partial charge is 0.306 e. The number of esters is 1. The third-order valence-corrected chi connectivity index (χ3v) is 8.27. The van der Waals surface area contributed by atoms with Crippen LogP contribution in [0.4, 0.5) is 0 Å². The summed E-state index contributed by atoms with van der Waals surface area (Å²) in [5, 5.41) is 9.58. The lowest BCUT2D eigenvalue weighted by Gasteiger charge is -2.15. The fourth-order valence-corrected chi connectivity index (χ4v) is 5.29. The average Bonchev–Trinajstić information content (AvgIpc) is 3.09. The van der Waals surface area contributed by atoms with Crippen LogP contribution in [-0.2, 0) is 14.3 Å². The molecule has 0 aliphatic rings. The summed E-state index contributed by atoms with van der Waals surface area (Å²) >= 11 is 0. The maximum Gasteiger partial charge on any atom is 0.306 e. The van der Waals surface area contributed by atoms with Crippen LogP contribution in [0, 0.1) is 0 Å². The molecule has 4 heteroatoms. The Hall–Kier alpha value is -2.17. The van der Waals surface area contributed by atoms with Crippen LogP contribution in [0.5, 0.6) is 0 Å². The molecule has 0 aromatic rings. The zero-order valence-electron chi connectivity index (χ0n) is 31.5. The summed E-state index contributed by atoms with van der Waals surface area (Å²) in [6.07, 6.45) is 55.2. The van der Waals surface area contributed by atoms with Crippen molar-refractivity contribution in [3.63, 3.8) is 0 Å². The minimum atomic E-state index is -0.555. The van der Waals surface area contributed by atoms with Gasteiger partial charge in [-0.25, -0.2) is 0 Å². The number of carbonyl (C=O) groups is 1. The molecule has 0 aliphatic carbocycles. The maximum absolute atomic E-state index is 12.2. The third kappa shape index (κ3) is 38.3. The summed E-state index contributed by atoms with van der Waals surface area (Å²) < 4.78 is 11.1. The molecule has 1 N–H and O–H groups in total. The van der Waals surface area contributed by atoms with E-state index in [-0.39, 0.29) is 19.2 Å². The number of ether oxygens (including phenoxy) is 2. The van der Waals surface area contributed by atoms with Crippen LogP contribution in [-0.4, -0.2) is 37.0 Å². The van der Waals surface area contributed by atoms with Gasteiger partial charge in [0.2, 0.25) is 0 Å². The molecule has 0 heterocycles. The molecule has 0 bridgehead atoms. The van der Waals surface area contributed by atoms with Gasteiger partial charge in [0.1, 0.15) is 6.10 Å². The van der Waals surface area contributed by atoms with Gasteiger partial charge in [-0.3, -0.25) is 4.79 Å². The lowest BCUT2D eigenvalue weighted by Crippen LogP contribution is -2.27. The highest BCUT2D eigenvalue weighted by Crippen LogP contribution is 2.11. The number of hydrogen-bond donors (Lipinski definition) is 1. The molecule has 0 aromatic heterocycles. The summed E-state index contributed by atoms with van der Waals surface area (Å²) in [6, 6.07) is 0. The van der Waals surface area contributed by atoms with Gasteiger partial charge in [-0.2, -0.15) is 0 Å². The van der Waals surface area contributed by atoms with Gasteiger partial charge in [-0.1, -0.05) is 157 Å². The zero-order chi connectivity index (χ0) is 34.9. The molecule has 0 saturated carbocycles. The van der Waals surface area contributed by atoms with Gasteiger partial charge in [0.05, 0.1) is 13.2 Å². The number of aliphatic hydroxyl groups is 1. The SMILES string of the molecule is CC/C=C\C/C=C\C/C=C\C/C=C\C/C=C\CCCCCCOCC(CO)OC(=O)CCCCCCC/C=C\CCCCCCCCC. The molecule has 1 atom stereocenters. The van der Waals surface area contributed by atoms with Crippen molar-refractivity contribution >= 4 is 5.97 Å². The molecule has 1 unspecified atom stereocenters. The van der Waals surface area contributed by atoms with Crippen molar-refractivity contribution in [3.8, 4) is 0 Å². The number of unbranched alkanes of at least 4 members (excludes halogenated alkanes) is 16. The molecule has 0 fully saturated rings. The second kappa shape index (κ2) is 41.0. The monoisotopic (exact) mass is 669 g/mol. The Labute approximate surface area is 297 Å². The van der Waals surface area contributed by atoms with Crippen LogP contribution < -0.4 is 0 Å². The molecule has 0 radical (unpaired) electrons. The Bertz CT molecular complexity index is 835. The normalized spacial score (nSPS) is 13.1. The van der Waals surface area contributed by atoms with Crippen LogP contribution in [0.2, 0.25) is 0 Å². The Balaban J connectivity index is 3.54. The highest BCUT2D eigenvalue weighted by Gasteiger charge is 2.13. The van der Waals surface area contributed by atoms with E-state index in [1.54, 1.807) is 0 Å². The van der Waals surface area contributed by atoms with Crippen molar-refractivity contribution in [2.45, 2.75) is 180 Å². The summed E-state index contributed by atoms with van der Waals surface area (Å²) in [4.78, 5) is 12.2. The van der Waals surface area contributed by atoms with E-state index in [0.29, 0.717) is 13.0 Å². The molecular weight excluding hydrogens is 592 g/mol. The molecule has 0 aromatic carbocycles. The van der Waals surface area contributed by atoms with Crippen LogP contribution in [0.1, 0.15) is 174 Å². The topological polar surface area (TPSA) is 55.8 Å².